The van der Waals surface area contributed by atoms with Crippen molar-refractivity contribution in [2.45, 2.75) is 25.4 Å². The maximum atomic E-state index is 13.0. The van der Waals surface area contributed by atoms with Crippen LogP contribution in [-0.4, -0.2) is 43.2 Å². The van der Waals surface area contributed by atoms with E-state index in [1.807, 2.05) is 42.1 Å². The van der Waals surface area contributed by atoms with E-state index in [-0.39, 0.29) is 18.2 Å². The number of nitrogens with zero attached hydrogens (tertiary/aromatic N) is 3. The molecule has 3 amide bonds. The van der Waals surface area contributed by atoms with Crippen molar-refractivity contribution in [2.75, 3.05) is 0 Å². The van der Waals surface area contributed by atoms with Crippen molar-refractivity contribution in [2.24, 2.45) is 7.05 Å². The van der Waals surface area contributed by atoms with Gasteiger partial charge in [0.15, 0.2) is 0 Å². The van der Waals surface area contributed by atoms with Crippen molar-refractivity contribution >= 4 is 28.6 Å². The summed E-state index contributed by atoms with van der Waals surface area (Å²) < 4.78 is 1.99. The first-order valence-electron chi connectivity index (χ1n) is 10.9. The molecular weight excluding hydrogens is 418 g/mol. The van der Waals surface area contributed by atoms with Crippen LogP contribution in [0.2, 0.25) is 0 Å². The van der Waals surface area contributed by atoms with E-state index in [0.29, 0.717) is 18.5 Å². The van der Waals surface area contributed by atoms with Crippen molar-refractivity contribution < 1.29 is 14.4 Å². The fourth-order valence-corrected chi connectivity index (χ4v) is 4.90. The van der Waals surface area contributed by atoms with Crippen LogP contribution in [0.25, 0.3) is 33.4 Å². The predicted molar refractivity (Wildman–Crippen MR) is 122 cm³/mol. The molecule has 4 aromatic rings. The highest BCUT2D eigenvalue weighted by Crippen LogP contribution is 2.35. The van der Waals surface area contributed by atoms with Crippen molar-refractivity contribution in [3.8, 4) is 22.5 Å². The fourth-order valence-electron chi connectivity index (χ4n) is 4.90. The van der Waals surface area contributed by atoms with Crippen LogP contribution in [-0.2, 0) is 23.2 Å². The van der Waals surface area contributed by atoms with Crippen LogP contribution in [0.15, 0.2) is 55.0 Å². The van der Waals surface area contributed by atoms with E-state index >= 15 is 0 Å². The number of carbonyl (C=O) groups is 3. The first-order valence-corrected chi connectivity index (χ1v) is 10.9. The van der Waals surface area contributed by atoms with Crippen LogP contribution >= 0.6 is 0 Å². The van der Waals surface area contributed by atoms with Crippen molar-refractivity contribution in [1.82, 2.24) is 24.8 Å². The number of rotatable bonds is 3. The third kappa shape index (κ3) is 3.06. The molecule has 8 nitrogen and oxygen atoms in total. The Balaban J connectivity index is 1.36. The second-order valence-electron chi connectivity index (χ2n) is 8.60. The van der Waals surface area contributed by atoms with Crippen molar-refractivity contribution in [3.05, 3.63) is 66.1 Å². The molecule has 1 atom stereocenters. The summed E-state index contributed by atoms with van der Waals surface area (Å²) in [6.45, 7) is 0.338. The lowest BCUT2D eigenvalue weighted by atomic mass is 10.00. The minimum Gasteiger partial charge on any atom is -0.361 e. The number of aromatic nitrogens is 3. The Morgan fingerprint density at radius 3 is 2.73 bits per heavy atom. The molecule has 1 saturated heterocycles. The molecule has 0 aliphatic carbocycles. The second-order valence-corrected chi connectivity index (χ2v) is 8.60. The summed E-state index contributed by atoms with van der Waals surface area (Å²) in [5.74, 6) is -0.869. The first-order chi connectivity index (χ1) is 16.0. The number of H-pyrrole nitrogens is 1. The number of hydrogen-bond acceptors (Lipinski definition) is 4. The van der Waals surface area contributed by atoms with Gasteiger partial charge in [-0.05, 0) is 41.6 Å². The normalized spacial score (nSPS) is 18.2. The van der Waals surface area contributed by atoms with Crippen molar-refractivity contribution in [1.29, 1.82) is 0 Å². The molecule has 0 bridgehead atoms. The van der Waals surface area contributed by atoms with Gasteiger partial charge in [0.25, 0.3) is 5.91 Å². The second kappa shape index (κ2) is 7.16. The summed E-state index contributed by atoms with van der Waals surface area (Å²) >= 11 is 0. The van der Waals surface area contributed by atoms with Crippen LogP contribution in [0.5, 0.6) is 0 Å². The van der Waals surface area contributed by atoms with Gasteiger partial charge in [0.2, 0.25) is 11.8 Å². The van der Waals surface area contributed by atoms with Gasteiger partial charge in [-0.1, -0.05) is 18.2 Å². The molecular formula is C25H21N5O3. The summed E-state index contributed by atoms with van der Waals surface area (Å²) in [6.07, 6.45) is 4.30. The summed E-state index contributed by atoms with van der Waals surface area (Å²) in [4.78, 5) is 46.3. The summed E-state index contributed by atoms with van der Waals surface area (Å²) in [6, 6.07) is 13.4. The van der Waals surface area contributed by atoms with Gasteiger partial charge >= 0.3 is 0 Å². The Morgan fingerprint density at radius 2 is 1.88 bits per heavy atom. The number of benzene rings is 2. The number of hydrogen-bond donors (Lipinski definition) is 2. The minimum atomic E-state index is -0.621. The predicted octanol–water partition coefficient (Wildman–Crippen LogP) is 3.00. The highest BCUT2D eigenvalue weighted by Gasteiger charge is 2.39. The van der Waals surface area contributed by atoms with Crippen LogP contribution in [0.3, 0.4) is 0 Å². The Hall–Kier alpha value is -4.20. The Morgan fingerprint density at radius 1 is 1.03 bits per heavy atom. The average molecular weight is 439 g/mol. The molecule has 33 heavy (non-hydrogen) atoms. The molecule has 6 rings (SSSR count). The van der Waals surface area contributed by atoms with Gasteiger partial charge in [0, 0.05) is 48.4 Å². The van der Waals surface area contributed by atoms with E-state index in [0.717, 1.165) is 39.0 Å². The number of carbonyl (C=O) groups excluding carboxylic acids is 3. The quantitative estimate of drug-likeness (QED) is 0.479. The first kappa shape index (κ1) is 19.5. The lowest BCUT2D eigenvalue weighted by Crippen LogP contribution is -2.52. The molecule has 2 aliphatic heterocycles. The zero-order valence-electron chi connectivity index (χ0n) is 18.0. The van der Waals surface area contributed by atoms with Crippen molar-refractivity contribution in [3.63, 3.8) is 0 Å². The summed E-state index contributed by atoms with van der Waals surface area (Å²) in [5.41, 5.74) is 6.28. The molecule has 2 aromatic heterocycles. The Labute approximate surface area is 189 Å². The molecule has 0 spiro atoms. The summed E-state index contributed by atoms with van der Waals surface area (Å²) in [7, 11) is 1.96. The molecule has 4 heterocycles. The molecule has 164 valence electrons. The molecule has 0 radical (unpaired) electrons. The fraction of sp³-hybridized carbons (Fsp3) is 0.200. The van der Waals surface area contributed by atoms with Gasteiger partial charge in [-0.3, -0.25) is 19.7 Å². The van der Waals surface area contributed by atoms with Gasteiger partial charge in [-0.2, -0.15) is 0 Å². The Kier molecular flexibility index (Phi) is 4.23. The van der Waals surface area contributed by atoms with E-state index in [1.54, 1.807) is 11.2 Å². The number of imide groups is 1. The van der Waals surface area contributed by atoms with Gasteiger partial charge in [0.05, 0.1) is 17.7 Å². The number of aryl methyl sites for hydroxylation is 1. The lowest BCUT2D eigenvalue weighted by Gasteiger charge is -2.29. The molecule has 8 heteroatoms. The standard InChI is InChI=1S/C25H21N5O3/c1-29-13-27-22(23(29)16-3-2-14-8-9-26-19(14)11-16)15-4-5-18-17(10-15)12-30(25(18)33)20-6-7-21(31)28-24(20)32/h2-5,8-11,13,20,26H,6-7,12H2,1H3,(H,28,31,32)/t20-/m0/s1. The van der Waals surface area contributed by atoms with E-state index in [2.05, 4.69) is 33.5 Å². The van der Waals surface area contributed by atoms with Crippen LogP contribution in [0, 0.1) is 0 Å². The number of fused-ring (bicyclic) bond motifs is 2. The molecule has 2 N–H and O–H groups in total. The molecule has 2 aliphatic rings. The van der Waals surface area contributed by atoms with Gasteiger partial charge < -0.3 is 14.5 Å². The van der Waals surface area contributed by atoms with E-state index in [1.165, 1.54) is 0 Å². The maximum Gasteiger partial charge on any atom is 0.255 e. The van der Waals surface area contributed by atoms with E-state index < -0.39 is 11.9 Å². The van der Waals surface area contributed by atoms with Crippen LogP contribution in [0.1, 0.15) is 28.8 Å². The third-order valence-corrected chi connectivity index (χ3v) is 6.56. The maximum absolute atomic E-state index is 13.0. The molecule has 0 saturated carbocycles. The third-order valence-electron chi connectivity index (χ3n) is 6.56. The number of amides is 3. The van der Waals surface area contributed by atoms with Crippen LogP contribution < -0.4 is 5.32 Å². The largest absolute Gasteiger partial charge is 0.361 e. The van der Waals surface area contributed by atoms with Gasteiger partial charge in [-0.25, -0.2) is 4.98 Å². The molecule has 2 aromatic carbocycles. The van der Waals surface area contributed by atoms with Crippen LogP contribution in [0.4, 0.5) is 0 Å². The highest BCUT2D eigenvalue weighted by molar-refractivity contribution is 6.05. The lowest BCUT2D eigenvalue weighted by molar-refractivity contribution is -0.136. The smallest absolute Gasteiger partial charge is 0.255 e. The summed E-state index contributed by atoms with van der Waals surface area (Å²) in [5, 5.41) is 3.49. The molecule has 1 fully saturated rings. The Bertz CT molecular complexity index is 1460. The SMILES string of the molecule is Cn1cnc(-c2ccc3c(c2)CN([C@H]2CCC(=O)NC2=O)C3=O)c1-c1ccc2cc[nH]c2c1. The molecule has 0 unspecified atom stereocenters. The number of piperidine rings is 1. The number of nitrogens with one attached hydrogen (secondary N) is 2. The minimum absolute atomic E-state index is 0.176. The van der Waals surface area contributed by atoms with E-state index in [4.69, 9.17) is 0 Å². The monoisotopic (exact) mass is 439 g/mol. The zero-order valence-corrected chi connectivity index (χ0v) is 18.0. The zero-order chi connectivity index (χ0) is 22.7. The topological polar surface area (TPSA) is 100 Å². The van der Waals surface area contributed by atoms with Gasteiger partial charge in [-0.15, -0.1) is 0 Å². The highest BCUT2D eigenvalue weighted by atomic mass is 16.2. The number of aromatic amines is 1. The van der Waals surface area contributed by atoms with Gasteiger partial charge in [0.1, 0.15) is 6.04 Å². The average Bonchev–Trinajstić information content (AvgIpc) is 3.50. The number of imidazole rings is 1. The van der Waals surface area contributed by atoms with E-state index in [9.17, 15) is 14.4 Å².